The molecule has 0 aliphatic rings. The summed E-state index contributed by atoms with van der Waals surface area (Å²) in [6.07, 6.45) is 0. The minimum Gasteiger partial charge on any atom is -0.368 e. The number of aromatic nitrogens is 3. The zero-order valence-electron chi connectivity index (χ0n) is 12.2. The fraction of sp³-hybridized carbons (Fsp3) is 0.200. The molecule has 22 heavy (non-hydrogen) atoms. The molecule has 0 aliphatic carbocycles. The van der Waals surface area contributed by atoms with E-state index in [0.717, 1.165) is 25.5 Å². The van der Waals surface area contributed by atoms with Crippen molar-refractivity contribution in [3.63, 3.8) is 0 Å². The molecular weight excluding hydrogens is 300 g/mol. The molecular formula is C15H14N4O2S. The molecule has 1 aromatic carbocycles. The van der Waals surface area contributed by atoms with Crippen molar-refractivity contribution in [1.29, 1.82) is 0 Å². The van der Waals surface area contributed by atoms with Crippen LogP contribution < -0.4 is 11.3 Å². The number of rotatable bonds is 3. The minimum atomic E-state index is -0.615. The maximum Gasteiger partial charge on any atom is 0.294 e. The molecule has 0 unspecified atom stereocenters. The zero-order valence-corrected chi connectivity index (χ0v) is 13.0. The van der Waals surface area contributed by atoms with Crippen LogP contribution in [0.15, 0.2) is 29.1 Å². The molecule has 0 fully saturated rings. The molecule has 3 rings (SSSR count). The Morgan fingerprint density at radius 2 is 1.95 bits per heavy atom. The van der Waals surface area contributed by atoms with Crippen molar-refractivity contribution >= 4 is 27.5 Å². The second kappa shape index (κ2) is 5.34. The maximum absolute atomic E-state index is 12.4. The summed E-state index contributed by atoms with van der Waals surface area (Å²) < 4.78 is 1.81. The van der Waals surface area contributed by atoms with E-state index in [1.165, 1.54) is 11.3 Å². The molecule has 1 amide bonds. The number of amides is 1. The predicted molar refractivity (Wildman–Crippen MR) is 85.8 cm³/mol. The second-order valence-corrected chi connectivity index (χ2v) is 6.26. The van der Waals surface area contributed by atoms with E-state index in [9.17, 15) is 9.59 Å². The van der Waals surface area contributed by atoms with Gasteiger partial charge in [-0.15, -0.1) is 11.3 Å². The largest absolute Gasteiger partial charge is 0.368 e. The van der Waals surface area contributed by atoms with Gasteiger partial charge in [-0.05, 0) is 13.8 Å². The first-order valence-corrected chi connectivity index (χ1v) is 7.51. The van der Waals surface area contributed by atoms with E-state index in [-0.39, 0.29) is 6.54 Å². The average Bonchev–Trinajstić information content (AvgIpc) is 2.85. The van der Waals surface area contributed by atoms with Gasteiger partial charge in [0.1, 0.15) is 12.2 Å². The summed E-state index contributed by atoms with van der Waals surface area (Å²) in [6.45, 7) is 3.57. The van der Waals surface area contributed by atoms with E-state index in [1.807, 2.05) is 38.1 Å². The van der Waals surface area contributed by atoms with Crippen molar-refractivity contribution in [2.45, 2.75) is 20.4 Å². The van der Waals surface area contributed by atoms with Gasteiger partial charge in [0, 0.05) is 5.56 Å². The summed E-state index contributed by atoms with van der Waals surface area (Å²) in [7, 11) is 0. The average molecular weight is 314 g/mol. The fourth-order valence-electron chi connectivity index (χ4n) is 2.22. The van der Waals surface area contributed by atoms with Gasteiger partial charge in [-0.25, -0.2) is 9.67 Å². The third-order valence-corrected chi connectivity index (χ3v) is 4.22. The van der Waals surface area contributed by atoms with E-state index >= 15 is 0 Å². The SMILES string of the molecule is Cc1ccc(-c2nn(CC(N)=O)c(=O)c3nc(C)sc23)cc1. The highest BCUT2D eigenvalue weighted by atomic mass is 32.1. The van der Waals surface area contributed by atoms with Gasteiger partial charge in [-0.2, -0.15) is 5.10 Å². The van der Waals surface area contributed by atoms with Crippen molar-refractivity contribution in [2.24, 2.45) is 5.73 Å². The molecule has 2 N–H and O–H groups in total. The highest BCUT2D eigenvalue weighted by molar-refractivity contribution is 7.19. The van der Waals surface area contributed by atoms with Gasteiger partial charge >= 0.3 is 0 Å². The van der Waals surface area contributed by atoms with E-state index in [1.54, 1.807) is 0 Å². The van der Waals surface area contributed by atoms with Gasteiger partial charge in [0.2, 0.25) is 5.91 Å². The molecule has 0 radical (unpaired) electrons. The normalized spacial score (nSPS) is 11.0. The molecule has 3 aromatic rings. The topological polar surface area (TPSA) is 90.9 Å². The summed E-state index contributed by atoms with van der Waals surface area (Å²) in [4.78, 5) is 27.8. The number of hydrogen-bond donors (Lipinski definition) is 1. The van der Waals surface area contributed by atoms with E-state index in [0.29, 0.717) is 11.2 Å². The van der Waals surface area contributed by atoms with Crippen LogP contribution in [0.5, 0.6) is 0 Å². The van der Waals surface area contributed by atoms with Crippen LogP contribution in [0.25, 0.3) is 21.5 Å². The van der Waals surface area contributed by atoms with Crippen molar-refractivity contribution in [3.05, 3.63) is 45.2 Å². The van der Waals surface area contributed by atoms with Gasteiger partial charge in [0.25, 0.3) is 5.56 Å². The predicted octanol–water partition coefficient (Wildman–Crippen LogP) is 1.62. The third-order valence-electron chi connectivity index (χ3n) is 3.24. The van der Waals surface area contributed by atoms with Crippen LogP contribution in [0.3, 0.4) is 0 Å². The number of nitrogens with zero attached hydrogens (tertiary/aromatic N) is 3. The van der Waals surface area contributed by atoms with Crippen LogP contribution in [0.2, 0.25) is 0 Å². The highest BCUT2D eigenvalue weighted by Crippen LogP contribution is 2.29. The number of primary amides is 1. The molecule has 0 bridgehead atoms. The number of hydrogen-bond acceptors (Lipinski definition) is 5. The monoisotopic (exact) mass is 314 g/mol. The molecule has 2 aromatic heterocycles. The Morgan fingerprint density at radius 3 is 2.59 bits per heavy atom. The lowest BCUT2D eigenvalue weighted by molar-refractivity contribution is -0.118. The Morgan fingerprint density at radius 1 is 1.27 bits per heavy atom. The number of thiazole rings is 1. The van der Waals surface area contributed by atoms with Crippen LogP contribution in [0.4, 0.5) is 0 Å². The Kier molecular flexibility index (Phi) is 3.50. The van der Waals surface area contributed by atoms with Crippen LogP contribution in [0, 0.1) is 13.8 Å². The first-order chi connectivity index (χ1) is 10.5. The van der Waals surface area contributed by atoms with Crippen LogP contribution in [-0.4, -0.2) is 20.7 Å². The van der Waals surface area contributed by atoms with Gasteiger partial charge in [-0.1, -0.05) is 29.8 Å². The zero-order chi connectivity index (χ0) is 15.9. The quantitative estimate of drug-likeness (QED) is 0.795. The summed E-state index contributed by atoms with van der Waals surface area (Å²) >= 11 is 1.42. The molecule has 0 aliphatic heterocycles. The summed E-state index contributed by atoms with van der Waals surface area (Å²) in [5.41, 5.74) is 7.77. The number of fused-ring (bicyclic) bond motifs is 1. The molecule has 0 saturated heterocycles. The standard InChI is InChI=1S/C15H14N4O2S/c1-8-3-5-10(6-4-8)12-14-13(17-9(2)22-14)15(21)19(18-12)7-11(16)20/h3-6H,7H2,1-2H3,(H2,16,20). The van der Waals surface area contributed by atoms with E-state index in [2.05, 4.69) is 10.1 Å². The van der Waals surface area contributed by atoms with E-state index < -0.39 is 11.5 Å². The van der Waals surface area contributed by atoms with Gasteiger partial charge in [-0.3, -0.25) is 9.59 Å². The Hall–Kier alpha value is -2.54. The molecule has 112 valence electrons. The number of carbonyl (C=O) groups excluding carboxylic acids is 1. The Balaban J connectivity index is 2.32. The number of nitrogens with two attached hydrogens (primary N) is 1. The first-order valence-electron chi connectivity index (χ1n) is 6.69. The van der Waals surface area contributed by atoms with Crippen molar-refractivity contribution in [1.82, 2.24) is 14.8 Å². The van der Waals surface area contributed by atoms with Crippen molar-refractivity contribution < 1.29 is 4.79 Å². The molecule has 2 heterocycles. The lowest BCUT2D eigenvalue weighted by Crippen LogP contribution is -2.30. The maximum atomic E-state index is 12.4. The minimum absolute atomic E-state index is 0.260. The van der Waals surface area contributed by atoms with Crippen LogP contribution in [-0.2, 0) is 11.3 Å². The van der Waals surface area contributed by atoms with Gasteiger partial charge in [0.15, 0.2) is 5.52 Å². The third kappa shape index (κ3) is 2.50. The van der Waals surface area contributed by atoms with Crippen LogP contribution in [0.1, 0.15) is 10.6 Å². The second-order valence-electron chi connectivity index (χ2n) is 5.05. The number of aryl methyl sites for hydroxylation is 2. The molecule has 0 spiro atoms. The number of carbonyl (C=O) groups is 1. The van der Waals surface area contributed by atoms with Crippen LogP contribution >= 0.6 is 11.3 Å². The molecule has 7 heteroatoms. The smallest absolute Gasteiger partial charge is 0.294 e. The molecule has 6 nitrogen and oxygen atoms in total. The van der Waals surface area contributed by atoms with E-state index in [4.69, 9.17) is 5.73 Å². The fourth-order valence-corrected chi connectivity index (χ4v) is 3.14. The lowest BCUT2D eigenvalue weighted by atomic mass is 10.1. The molecule has 0 saturated carbocycles. The summed E-state index contributed by atoms with van der Waals surface area (Å²) in [5, 5.41) is 5.10. The first kappa shape index (κ1) is 14.4. The summed E-state index contributed by atoms with van der Waals surface area (Å²) in [6, 6.07) is 7.82. The highest BCUT2D eigenvalue weighted by Gasteiger charge is 2.17. The lowest BCUT2D eigenvalue weighted by Gasteiger charge is -2.07. The molecule has 0 atom stereocenters. The van der Waals surface area contributed by atoms with Gasteiger partial charge in [0.05, 0.1) is 9.71 Å². The Labute approximate surface area is 130 Å². The van der Waals surface area contributed by atoms with Crippen molar-refractivity contribution in [2.75, 3.05) is 0 Å². The van der Waals surface area contributed by atoms with Gasteiger partial charge < -0.3 is 5.73 Å². The van der Waals surface area contributed by atoms with Crippen molar-refractivity contribution in [3.8, 4) is 11.3 Å². The summed E-state index contributed by atoms with van der Waals surface area (Å²) in [5.74, 6) is -0.615. The Bertz CT molecular complexity index is 925. The number of benzene rings is 1.